The SMILES string of the molecule is Cc1cc(F)ccc1C1CN(C(=O)C2CNC2)CCC1C(=O)N(C)Cc1cc(C(F)(F)F)cc(C(F)(F)F)c1. The van der Waals surface area contributed by atoms with Crippen LogP contribution in [0.2, 0.25) is 0 Å². The number of halogens is 7. The van der Waals surface area contributed by atoms with Crippen molar-refractivity contribution >= 4 is 11.8 Å². The number of benzene rings is 2. The molecule has 2 saturated heterocycles. The summed E-state index contributed by atoms with van der Waals surface area (Å²) in [6.45, 7) is 2.77. The fraction of sp³-hybridized carbons (Fsp3) is 0.481. The zero-order chi connectivity index (χ0) is 28.7. The first kappa shape index (κ1) is 28.8. The molecule has 0 bridgehead atoms. The summed E-state index contributed by atoms with van der Waals surface area (Å²) < 4.78 is 93.7. The number of hydrogen-bond donors (Lipinski definition) is 1. The smallest absolute Gasteiger partial charge is 0.342 e. The van der Waals surface area contributed by atoms with Crippen molar-refractivity contribution in [2.45, 2.75) is 38.2 Å². The van der Waals surface area contributed by atoms with E-state index in [-0.39, 0.29) is 43.0 Å². The highest BCUT2D eigenvalue weighted by molar-refractivity contribution is 5.83. The third-order valence-corrected chi connectivity index (χ3v) is 7.45. The molecule has 212 valence electrons. The van der Waals surface area contributed by atoms with E-state index in [2.05, 4.69) is 5.32 Å². The van der Waals surface area contributed by atoms with Gasteiger partial charge in [0, 0.05) is 51.6 Å². The Kier molecular flexibility index (Phi) is 7.98. The summed E-state index contributed by atoms with van der Waals surface area (Å²) in [6.07, 6.45) is -9.76. The Morgan fingerprint density at radius 2 is 1.62 bits per heavy atom. The van der Waals surface area contributed by atoms with Crippen molar-refractivity contribution in [3.8, 4) is 0 Å². The first-order valence-electron chi connectivity index (χ1n) is 12.4. The number of hydrogen-bond acceptors (Lipinski definition) is 3. The zero-order valence-electron chi connectivity index (χ0n) is 21.3. The van der Waals surface area contributed by atoms with Gasteiger partial charge in [0.05, 0.1) is 17.0 Å². The van der Waals surface area contributed by atoms with E-state index in [4.69, 9.17) is 0 Å². The molecule has 0 saturated carbocycles. The van der Waals surface area contributed by atoms with Gasteiger partial charge in [0.25, 0.3) is 0 Å². The van der Waals surface area contributed by atoms with E-state index in [9.17, 15) is 40.3 Å². The second-order valence-corrected chi connectivity index (χ2v) is 10.3. The highest BCUT2D eigenvalue weighted by atomic mass is 19.4. The number of likely N-dealkylation sites (tertiary alicyclic amines) is 1. The van der Waals surface area contributed by atoms with Gasteiger partial charge < -0.3 is 15.1 Å². The van der Waals surface area contributed by atoms with E-state index in [0.29, 0.717) is 36.3 Å². The van der Waals surface area contributed by atoms with Gasteiger partial charge >= 0.3 is 12.4 Å². The lowest BCUT2D eigenvalue weighted by Crippen LogP contribution is -2.55. The van der Waals surface area contributed by atoms with Crippen molar-refractivity contribution in [1.82, 2.24) is 15.1 Å². The van der Waals surface area contributed by atoms with E-state index in [1.165, 1.54) is 19.2 Å². The van der Waals surface area contributed by atoms with Crippen LogP contribution in [0.25, 0.3) is 0 Å². The Morgan fingerprint density at radius 1 is 1.00 bits per heavy atom. The predicted octanol–water partition coefficient (Wildman–Crippen LogP) is 4.98. The lowest BCUT2D eigenvalue weighted by atomic mass is 9.78. The summed E-state index contributed by atoms with van der Waals surface area (Å²) in [4.78, 5) is 29.3. The van der Waals surface area contributed by atoms with E-state index >= 15 is 0 Å². The molecule has 2 aliphatic heterocycles. The van der Waals surface area contributed by atoms with Crippen LogP contribution < -0.4 is 5.32 Å². The number of nitrogens with one attached hydrogen (secondary N) is 1. The lowest BCUT2D eigenvalue weighted by Gasteiger charge is -2.42. The Balaban J connectivity index is 1.61. The van der Waals surface area contributed by atoms with Crippen LogP contribution in [0, 0.1) is 24.6 Å². The minimum atomic E-state index is -5.00. The summed E-state index contributed by atoms with van der Waals surface area (Å²) >= 11 is 0. The van der Waals surface area contributed by atoms with E-state index < -0.39 is 53.6 Å². The van der Waals surface area contributed by atoms with Gasteiger partial charge in [0.2, 0.25) is 11.8 Å². The molecule has 39 heavy (non-hydrogen) atoms. The van der Waals surface area contributed by atoms with Crippen LogP contribution in [0.5, 0.6) is 0 Å². The Hall–Kier alpha value is -3.15. The standard InChI is InChI=1S/C27H28F7N3O2/c1-15-7-20(28)3-4-21(15)23-14-37(24(38)17-11-35-12-17)6-5-22(23)25(39)36(2)13-16-8-18(26(29,30)31)10-19(9-16)27(32,33)34/h3-4,7-10,17,22-23,35H,5-6,11-14H2,1-2H3. The van der Waals surface area contributed by atoms with Crippen LogP contribution in [-0.2, 0) is 28.5 Å². The van der Waals surface area contributed by atoms with Crippen LogP contribution in [0.1, 0.15) is 40.2 Å². The molecule has 0 spiro atoms. The average Bonchev–Trinajstić information content (AvgIpc) is 2.81. The second kappa shape index (κ2) is 10.8. The van der Waals surface area contributed by atoms with Gasteiger partial charge in [0.15, 0.2) is 0 Å². The van der Waals surface area contributed by atoms with Gasteiger partial charge in [-0.15, -0.1) is 0 Å². The van der Waals surface area contributed by atoms with Crippen LogP contribution in [0.4, 0.5) is 30.7 Å². The number of rotatable bonds is 5. The van der Waals surface area contributed by atoms with E-state index in [1.54, 1.807) is 17.9 Å². The van der Waals surface area contributed by atoms with Gasteiger partial charge in [0.1, 0.15) is 5.82 Å². The molecule has 2 atom stereocenters. The summed E-state index contributed by atoms with van der Waals surface area (Å²) in [5.74, 6) is -2.41. The van der Waals surface area contributed by atoms with E-state index in [1.807, 2.05) is 0 Å². The van der Waals surface area contributed by atoms with Crippen molar-refractivity contribution in [2.24, 2.45) is 11.8 Å². The summed E-state index contributed by atoms with van der Waals surface area (Å²) in [6, 6.07) is 5.38. The number of aryl methyl sites for hydroxylation is 1. The van der Waals surface area contributed by atoms with Gasteiger partial charge in [-0.2, -0.15) is 26.3 Å². The van der Waals surface area contributed by atoms with Gasteiger partial charge in [-0.3, -0.25) is 9.59 Å². The quantitative estimate of drug-likeness (QED) is 0.526. The molecule has 2 aromatic rings. The highest BCUT2D eigenvalue weighted by Crippen LogP contribution is 2.38. The van der Waals surface area contributed by atoms with Gasteiger partial charge in [-0.25, -0.2) is 4.39 Å². The molecule has 0 aromatic heterocycles. The minimum absolute atomic E-state index is 0.0447. The van der Waals surface area contributed by atoms with Crippen molar-refractivity contribution < 1.29 is 40.3 Å². The first-order valence-corrected chi connectivity index (χ1v) is 12.4. The molecule has 2 amide bonds. The second-order valence-electron chi connectivity index (χ2n) is 10.3. The number of carbonyl (C=O) groups excluding carboxylic acids is 2. The van der Waals surface area contributed by atoms with Crippen LogP contribution in [0.3, 0.4) is 0 Å². The molecule has 0 radical (unpaired) electrons. The van der Waals surface area contributed by atoms with Crippen molar-refractivity contribution in [2.75, 3.05) is 33.2 Å². The van der Waals surface area contributed by atoms with Gasteiger partial charge in [-0.1, -0.05) is 6.07 Å². The number of carbonyl (C=O) groups is 2. The molecule has 0 aliphatic carbocycles. The Labute approximate surface area is 221 Å². The maximum absolute atomic E-state index is 13.8. The Morgan fingerprint density at radius 3 is 2.13 bits per heavy atom. The first-order chi connectivity index (χ1) is 18.1. The molecule has 4 rings (SSSR count). The maximum atomic E-state index is 13.8. The molecule has 2 aliphatic rings. The van der Waals surface area contributed by atoms with Crippen LogP contribution >= 0.6 is 0 Å². The van der Waals surface area contributed by atoms with Crippen molar-refractivity contribution in [3.63, 3.8) is 0 Å². The van der Waals surface area contributed by atoms with E-state index in [0.717, 1.165) is 4.90 Å². The molecule has 1 N–H and O–H groups in total. The molecule has 2 heterocycles. The molecule has 2 fully saturated rings. The lowest BCUT2D eigenvalue weighted by molar-refractivity contribution is -0.144. The number of amides is 2. The third-order valence-electron chi connectivity index (χ3n) is 7.45. The molecule has 12 heteroatoms. The Bertz CT molecular complexity index is 1210. The molecule has 5 nitrogen and oxygen atoms in total. The van der Waals surface area contributed by atoms with Gasteiger partial charge in [-0.05, 0) is 60.4 Å². The fourth-order valence-corrected chi connectivity index (χ4v) is 5.29. The van der Waals surface area contributed by atoms with Crippen molar-refractivity contribution in [3.05, 3.63) is 70.0 Å². The average molecular weight is 560 g/mol. The minimum Gasteiger partial charge on any atom is -0.342 e. The number of nitrogens with zero attached hydrogens (tertiary/aromatic N) is 2. The number of piperidine rings is 1. The molecule has 2 unspecified atom stereocenters. The maximum Gasteiger partial charge on any atom is 0.416 e. The van der Waals surface area contributed by atoms with Crippen LogP contribution in [-0.4, -0.2) is 54.8 Å². The molecular formula is C27H28F7N3O2. The predicted molar refractivity (Wildman–Crippen MR) is 128 cm³/mol. The van der Waals surface area contributed by atoms with Crippen molar-refractivity contribution in [1.29, 1.82) is 0 Å². The largest absolute Gasteiger partial charge is 0.416 e. The summed E-state index contributed by atoms with van der Waals surface area (Å²) in [5.41, 5.74) is -1.98. The summed E-state index contributed by atoms with van der Waals surface area (Å²) in [5, 5.41) is 3.04. The normalized spacial score (nSPS) is 20.5. The van der Waals surface area contributed by atoms with Crippen LogP contribution in [0.15, 0.2) is 36.4 Å². The molecular weight excluding hydrogens is 531 g/mol. The molecule has 2 aromatic carbocycles. The monoisotopic (exact) mass is 559 g/mol. The highest BCUT2D eigenvalue weighted by Gasteiger charge is 2.41. The topological polar surface area (TPSA) is 52.7 Å². The fourth-order valence-electron chi connectivity index (χ4n) is 5.29. The zero-order valence-corrected chi connectivity index (χ0v) is 21.3. The third kappa shape index (κ3) is 6.37. The summed E-state index contributed by atoms with van der Waals surface area (Å²) in [7, 11) is 1.32. The number of alkyl halides is 6.